The topological polar surface area (TPSA) is 3.24 Å². The highest BCUT2D eigenvalue weighted by atomic mass is 32.1. The second kappa shape index (κ2) is 4.28. The molecule has 0 aromatic heterocycles. The van der Waals surface area contributed by atoms with E-state index in [0.717, 1.165) is 30.3 Å². The number of thiol groups is 1. The van der Waals surface area contributed by atoms with Gasteiger partial charge in [-0.15, -0.1) is 0 Å². The van der Waals surface area contributed by atoms with Crippen molar-refractivity contribution in [1.29, 1.82) is 0 Å². The van der Waals surface area contributed by atoms with Crippen LogP contribution < -0.4 is 0 Å². The Labute approximate surface area is 93.1 Å². The van der Waals surface area contributed by atoms with E-state index in [-0.39, 0.29) is 0 Å². The quantitative estimate of drug-likeness (QED) is 0.515. The first-order valence-electron chi connectivity index (χ1n) is 5.82. The second-order valence-corrected chi connectivity index (χ2v) is 5.35. The van der Waals surface area contributed by atoms with Gasteiger partial charge in [0.25, 0.3) is 0 Å². The van der Waals surface area contributed by atoms with Crippen molar-refractivity contribution in [3.8, 4) is 0 Å². The first-order chi connectivity index (χ1) is 6.74. The molecule has 0 N–H and O–H groups in total. The Morgan fingerprint density at radius 2 is 2.14 bits per heavy atom. The molecule has 0 aromatic carbocycles. The molecular weight excluding hydrogens is 190 g/mol. The Morgan fingerprint density at radius 3 is 2.86 bits per heavy atom. The van der Waals surface area contributed by atoms with Gasteiger partial charge in [-0.05, 0) is 37.5 Å². The van der Waals surface area contributed by atoms with E-state index in [1.54, 1.807) is 0 Å². The lowest BCUT2D eigenvalue weighted by Crippen LogP contribution is -2.45. The van der Waals surface area contributed by atoms with Gasteiger partial charge in [0.05, 0.1) is 0 Å². The van der Waals surface area contributed by atoms with Crippen molar-refractivity contribution in [1.82, 2.24) is 4.31 Å². The zero-order valence-corrected chi connectivity index (χ0v) is 10.1. The van der Waals surface area contributed by atoms with Gasteiger partial charge in [0, 0.05) is 12.6 Å². The van der Waals surface area contributed by atoms with Gasteiger partial charge < -0.3 is 0 Å². The molecule has 0 spiro atoms. The summed E-state index contributed by atoms with van der Waals surface area (Å²) in [5, 5.41) is 0. The number of nitrogens with zero attached hydrogens (tertiary/aromatic N) is 1. The van der Waals surface area contributed by atoms with Crippen molar-refractivity contribution in [2.24, 2.45) is 17.8 Å². The molecule has 4 unspecified atom stereocenters. The van der Waals surface area contributed by atoms with Gasteiger partial charge in [-0.2, -0.15) is 0 Å². The van der Waals surface area contributed by atoms with Crippen LogP contribution in [0.4, 0.5) is 0 Å². The number of hydrogen-bond donors (Lipinski definition) is 1. The van der Waals surface area contributed by atoms with Crippen LogP contribution in [0.2, 0.25) is 0 Å². The fraction of sp³-hybridized carbons (Fsp3) is 0.833. The molecule has 1 heterocycles. The van der Waals surface area contributed by atoms with Crippen molar-refractivity contribution >= 4 is 12.8 Å². The fourth-order valence-corrected chi connectivity index (χ4v) is 3.75. The molecule has 1 saturated carbocycles. The van der Waals surface area contributed by atoms with Crippen LogP contribution in [0, 0.1) is 17.8 Å². The van der Waals surface area contributed by atoms with Gasteiger partial charge in [-0.25, -0.2) is 4.31 Å². The number of fused-ring (bicyclic) bond motifs is 1. The van der Waals surface area contributed by atoms with E-state index in [4.69, 9.17) is 0 Å². The predicted molar refractivity (Wildman–Crippen MR) is 64.3 cm³/mol. The first-order valence-corrected chi connectivity index (χ1v) is 6.22. The molecule has 1 nitrogen and oxygen atoms in total. The smallest absolute Gasteiger partial charge is 0.0231 e. The minimum atomic E-state index is 0.719. The van der Waals surface area contributed by atoms with Crippen LogP contribution in [0.3, 0.4) is 0 Å². The molecular formula is C12H21NS. The molecule has 2 rings (SSSR count). The molecule has 2 fully saturated rings. The molecule has 0 radical (unpaired) electrons. The summed E-state index contributed by atoms with van der Waals surface area (Å²) in [6, 6.07) is 0.759. The highest BCUT2D eigenvalue weighted by molar-refractivity contribution is 7.77. The highest BCUT2D eigenvalue weighted by Crippen LogP contribution is 2.43. The highest BCUT2D eigenvalue weighted by Gasteiger charge is 2.41. The van der Waals surface area contributed by atoms with Crippen molar-refractivity contribution in [2.45, 2.75) is 39.2 Å². The largest absolute Gasteiger partial charge is 0.249 e. The standard InChI is InChI=1S/C12H21NS/c1-3-5-10-8-13(14)12-7-4-6-11(12)9(10)2/h3,5,9-12,14H,4,6-8H2,1-2H3/b5-3+. The average molecular weight is 211 g/mol. The SMILES string of the molecule is C/C=C/C1CN(S)C2CCCC2C1C. The maximum Gasteiger partial charge on any atom is 0.0231 e. The van der Waals surface area contributed by atoms with Crippen molar-refractivity contribution in [3.05, 3.63) is 12.2 Å². The maximum absolute atomic E-state index is 4.63. The van der Waals surface area contributed by atoms with Crippen LogP contribution in [-0.2, 0) is 0 Å². The summed E-state index contributed by atoms with van der Waals surface area (Å²) in [6.07, 6.45) is 8.73. The minimum absolute atomic E-state index is 0.719. The second-order valence-electron chi connectivity index (χ2n) is 4.83. The molecule has 1 aliphatic carbocycles. The minimum Gasteiger partial charge on any atom is -0.249 e. The third kappa shape index (κ3) is 1.74. The molecule has 0 bridgehead atoms. The molecule has 4 atom stereocenters. The Hall–Kier alpha value is 0.0500. The van der Waals surface area contributed by atoms with E-state index >= 15 is 0 Å². The Kier molecular flexibility index (Phi) is 3.23. The van der Waals surface area contributed by atoms with Crippen LogP contribution in [0.1, 0.15) is 33.1 Å². The van der Waals surface area contributed by atoms with Gasteiger partial charge in [0.15, 0.2) is 0 Å². The van der Waals surface area contributed by atoms with Crippen molar-refractivity contribution in [3.63, 3.8) is 0 Å². The van der Waals surface area contributed by atoms with Crippen LogP contribution in [0.5, 0.6) is 0 Å². The third-order valence-corrected chi connectivity index (χ3v) is 4.56. The van der Waals surface area contributed by atoms with Gasteiger partial charge in [0.1, 0.15) is 0 Å². The van der Waals surface area contributed by atoms with E-state index < -0.39 is 0 Å². The predicted octanol–water partition coefficient (Wildman–Crippen LogP) is 3.14. The van der Waals surface area contributed by atoms with E-state index in [0.29, 0.717) is 0 Å². The Morgan fingerprint density at radius 1 is 1.36 bits per heavy atom. The van der Waals surface area contributed by atoms with Crippen molar-refractivity contribution < 1.29 is 0 Å². The monoisotopic (exact) mass is 211 g/mol. The lowest BCUT2D eigenvalue weighted by Gasteiger charge is -2.42. The van der Waals surface area contributed by atoms with Gasteiger partial charge in [0.2, 0.25) is 0 Å². The summed E-state index contributed by atoms with van der Waals surface area (Å²) in [5.74, 6) is 2.46. The molecule has 2 aliphatic rings. The normalized spacial score (nSPS) is 44.5. The van der Waals surface area contributed by atoms with E-state index in [1.807, 2.05) is 0 Å². The number of piperidine rings is 1. The lowest BCUT2D eigenvalue weighted by atomic mass is 9.76. The van der Waals surface area contributed by atoms with Gasteiger partial charge in [-0.1, -0.05) is 38.3 Å². The van der Waals surface area contributed by atoms with Crippen LogP contribution in [0.15, 0.2) is 12.2 Å². The number of rotatable bonds is 1. The summed E-state index contributed by atoms with van der Waals surface area (Å²) in [5.41, 5.74) is 0. The average Bonchev–Trinajstić information content (AvgIpc) is 2.63. The number of allylic oxidation sites excluding steroid dienone is 1. The van der Waals surface area contributed by atoms with E-state index in [2.05, 4.69) is 43.1 Å². The zero-order valence-electron chi connectivity index (χ0n) is 9.19. The molecule has 14 heavy (non-hydrogen) atoms. The Bertz CT molecular complexity index is 226. The molecule has 80 valence electrons. The third-order valence-electron chi connectivity index (χ3n) is 4.10. The Balaban J connectivity index is 2.11. The molecule has 1 saturated heterocycles. The summed E-state index contributed by atoms with van der Waals surface area (Å²) in [7, 11) is 0. The van der Waals surface area contributed by atoms with Gasteiger partial charge >= 0.3 is 0 Å². The first kappa shape index (κ1) is 10.6. The molecule has 0 aromatic rings. The molecule has 1 aliphatic heterocycles. The van der Waals surface area contributed by atoms with E-state index in [9.17, 15) is 0 Å². The van der Waals surface area contributed by atoms with Crippen LogP contribution in [-0.4, -0.2) is 16.9 Å². The van der Waals surface area contributed by atoms with E-state index in [1.165, 1.54) is 19.3 Å². The lowest BCUT2D eigenvalue weighted by molar-refractivity contribution is 0.120. The summed E-state index contributed by atoms with van der Waals surface area (Å²) in [4.78, 5) is 0. The van der Waals surface area contributed by atoms with Crippen molar-refractivity contribution in [2.75, 3.05) is 6.54 Å². The summed E-state index contributed by atoms with van der Waals surface area (Å²) >= 11 is 4.63. The number of hydrogen-bond acceptors (Lipinski definition) is 2. The maximum atomic E-state index is 4.63. The summed E-state index contributed by atoms with van der Waals surface area (Å²) < 4.78 is 2.29. The zero-order chi connectivity index (χ0) is 10.1. The molecule has 0 amide bonds. The fourth-order valence-electron chi connectivity index (χ4n) is 3.27. The van der Waals surface area contributed by atoms with Crippen LogP contribution in [0.25, 0.3) is 0 Å². The van der Waals surface area contributed by atoms with Gasteiger partial charge in [-0.3, -0.25) is 0 Å². The van der Waals surface area contributed by atoms with Crippen LogP contribution >= 0.6 is 12.8 Å². The molecule has 2 heteroatoms. The summed E-state index contributed by atoms with van der Waals surface area (Å²) in [6.45, 7) is 5.68.